The van der Waals surface area contributed by atoms with Gasteiger partial charge in [0.2, 0.25) is 5.95 Å². The fourth-order valence-electron chi connectivity index (χ4n) is 1.96. The van der Waals surface area contributed by atoms with E-state index in [1.165, 1.54) is 5.56 Å². The van der Waals surface area contributed by atoms with Crippen LogP contribution >= 0.6 is 0 Å². The van der Waals surface area contributed by atoms with Crippen molar-refractivity contribution in [3.63, 3.8) is 0 Å². The standard InChI is InChI=1S/C12H16N4O/c1-7-4-8(2)11(17-3)9(5-7)10-6-14-12(15-10)16-13/h4-6H,13H2,1-3H3,(H2,14,15,16). The number of aryl methyl sites for hydroxylation is 2. The molecule has 0 unspecified atom stereocenters. The number of nitrogens with one attached hydrogen (secondary N) is 2. The Morgan fingerprint density at radius 3 is 2.71 bits per heavy atom. The first kappa shape index (κ1) is 11.5. The Hall–Kier alpha value is -2.01. The molecule has 1 aromatic heterocycles. The van der Waals surface area contributed by atoms with Gasteiger partial charge in [-0.1, -0.05) is 6.07 Å². The second-order valence-corrected chi connectivity index (χ2v) is 3.95. The van der Waals surface area contributed by atoms with Gasteiger partial charge in [0.15, 0.2) is 0 Å². The lowest BCUT2D eigenvalue weighted by Gasteiger charge is -2.11. The summed E-state index contributed by atoms with van der Waals surface area (Å²) in [5.74, 6) is 6.68. The summed E-state index contributed by atoms with van der Waals surface area (Å²) in [7, 11) is 1.67. The average Bonchev–Trinajstić information content (AvgIpc) is 2.76. The van der Waals surface area contributed by atoms with E-state index in [1.54, 1.807) is 13.3 Å². The number of aromatic nitrogens is 2. The second-order valence-electron chi connectivity index (χ2n) is 3.95. The third-order valence-electron chi connectivity index (χ3n) is 2.63. The van der Waals surface area contributed by atoms with Gasteiger partial charge in [-0.25, -0.2) is 10.8 Å². The van der Waals surface area contributed by atoms with Crippen LogP contribution in [0, 0.1) is 13.8 Å². The number of nitrogens with zero attached hydrogens (tertiary/aromatic N) is 1. The molecule has 0 atom stereocenters. The SMILES string of the molecule is COc1c(C)cc(C)cc1-c1cnc(NN)[nH]1. The van der Waals surface area contributed by atoms with E-state index < -0.39 is 0 Å². The van der Waals surface area contributed by atoms with Crippen LogP contribution in [0.25, 0.3) is 11.3 Å². The predicted molar refractivity (Wildman–Crippen MR) is 67.9 cm³/mol. The van der Waals surface area contributed by atoms with Crippen LogP contribution in [0.1, 0.15) is 11.1 Å². The highest BCUT2D eigenvalue weighted by Crippen LogP contribution is 2.33. The van der Waals surface area contributed by atoms with Gasteiger partial charge in [0.25, 0.3) is 0 Å². The summed E-state index contributed by atoms with van der Waals surface area (Å²) < 4.78 is 5.43. The van der Waals surface area contributed by atoms with Gasteiger partial charge in [0.1, 0.15) is 5.75 Å². The molecular formula is C12H16N4O. The van der Waals surface area contributed by atoms with Crippen LogP contribution in [0.4, 0.5) is 5.95 Å². The van der Waals surface area contributed by atoms with Crippen LogP contribution < -0.4 is 16.0 Å². The normalized spacial score (nSPS) is 10.4. The Morgan fingerprint density at radius 1 is 1.35 bits per heavy atom. The van der Waals surface area contributed by atoms with E-state index in [1.807, 2.05) is 6.92 Å². The molecule has 17 heavy (non-hydrogen) atoms. The van der Waals surface area contributed by atoms with Gasteiger partial charge in [0, 0.05) is 5.56 Å². The van der Waals surface area contributed by atoms with Crippen molar-refractivity contribution in [1.82, 2.24) is 9.97 Å². The van der Waals surface area contributed by atoms with E-state index >= 15 is 0 Å². The van der Waals surface area contributed by atoms with Crippen molar-refractivity contribution in [2.75, 3.05) is 12.5 Å². The number of hydrogen-bond donors (Lipinski definition) is 3. The molecule has 0 fully saturated rings. The number of rotatable bonds is 3. The van der Waals surface area contributed by atoms with Crippen LogP contribution in [0.15, 0.2) is 18.3 Å². The molecule has 0 aliphatic carbocycles. The van der Waals surface area contributed by atoms with Crippen LogP contribution in [-0.4, -0.2) is 17.1 Å². The molecule has 0 radical (unpaired) electrons. The zero-order valence-electron chi connectivity index (χ0n) is 10.2. The Morgan fingerprint density at radius 2 is 2.12 bits per heavy atom. The minimum absolute atomic E-state index is 0.529. The number of anilines is 1. The number of H-pyrrole nitrogens is 1. The predicted octanol–water partition coefficient (Wildman–Crippen LogP) is 1.99. The van der Waals surface area contributed by atoms with E-state index in [0.29, 0.717) is 5.95 Å². The Balaban J connectivity index is 2.57. The molecular weight excluding hydrogens is 216 g/mol. The highest BCUT2D eigenvalue weighted by atomic mass is 16.5. The molecule has 0 saturated heterocycles. The number of nitrogen functional groups attached to an aromatic ring is 1. The van der Waals surface area contributed by atoms with Gasteiger partial charge in [-0.2, -0.15) is 0 Å². The largest absolute Gasteiger partial charge is 0.496 e. The summed E-state index contributed by atoms with van der Waals surface area (Å²) in [4.78, 5) is 7.18. The Kier molecular flexibility index (Phi) is 3.01. The topological polar surface area (TPSA) is 76.0 Å². The Labute approximate surface area is 100.0 Å². The molecule has 2 rings (SSSR count). The van der Waals surface area contributed by atoms with Gasteiger partial charge < -0.3 is 9.72 Å². The quantitative estimate of drug-likeness (QED) is 0.558. The summed E-state index contributed by atoms with van der Waals surface area (Å²) in [6.45, 7) is 4.07. The molecule has 0 aliphatic rings. The first-order chi connectivity index (χ1) is 8.15. The van der Waals surface area contributed by atoms with Gasteiger partial charge in [-0.3, -0.25) is 5.43 Å². The maximum absolute atomic E-state index is 5.43. The molecule has 0 aliphatic heterocycles. The lowest BCUT2D eigenvalue weighted by atomic mass is 10.0. The van der Waals surface area contributed by atoms with E-state index in [-0.39, 0.29) is 0 Å². The first-order valence-corrected chi connectivity index (χ1v) is 5.33. The van der Waals surface area contributed by atoms with Crippen LogP contribution in [0.3, 0.4) is 0 Å². The van der Waals surface area contributed by atoms with Crippen LogP contribution in [-0.2, 0) is 0 Å². The van der Waals surface area contributed by atoms with Crippen molar-refractivity contribution in [2.24, 2.45) is 5.84 Å². The smallest absolute Gasteiger partial charge is 0.215 e. The number of hydrogen-bond acceptors (Lipinski definition) is 4. The molecule has 0 bridgehead atoms. The van der Waals surface area contributed by atoms with Crippen molar-refractivity contribution >= 4 is 5.95 Å². The van der Waals surface area contributed by atoms with Crippen LogP contribution in [0.5, 0.6) is 5.75 Å². The molecule has 0 spiro atoms. The molecule has 5 nitrogen and oxygen atoms in total. The molecule has 0 saturated carbocycles. The highest BCUT2D eigenvalue weighted by Gasteiger charge is 2.11. The molecule has 2 aromatic rings. The minimum atomic E-state index is 0.529. The van der Waals surface area contributed by atoms with Gasteiger partial charge in [-0.05, 0) is 31.0 Å². The second kappa shape index (κ2) is 4.47. The number of ether oxygens (including phenoxy) is 1. The van der Waals surface area contributed by atoms with Gasteiger partial charge in [0.05, 0.1) is 19.0 Å². The maximum Gasteiger partial charge on any atom is 0.215 e. The average molecular weight is 232 g/mol. The highest BCUT2D eigenvalue weighted by molar-refractivity contribution is 5.70. The van der Waals surface area contributed by atoms with Crippen molar-refractivity contribution in [2.45, 2.75) is 13.8 Å². The summed E-state index contributed by atoms with van der Waals surface area (Å²) >= 11 is 0. The molecule has 4 N–H and O–H groups in total. The summed E-state index contributed by atoms with van der Waals surface area (Å²) in [5, 5.41) is 0. The van der Waals surface area contributed by atoms with E-state index in [2.05, 4.69) is 34.5 Å². The molecule has 1 aromatic carbocycles. The summed E-state index contributed by atoms with van der Waals surface area (Å²) in [6, 6.07) is 4.14. The number of aromatic amines is 1. The lowest BCUT2D eigenvalue weighted by Crippen LogP contribution is -2.07. The third-order valence-corrected chi connectivity index (χ3v) is 2.63. The lowest BCUT2D eigenvalue weighted by molar-refractivity contribution is 0.413. The molecule has 0 amide bonds. The number of hydrazine groups is 1. The maximum atomic E-state index is 5.43. The van der Waals surface area contributed by atoms with Crippen molar-refractivity contribution in [3.05, 3.63) is 29.5 Å². The monoisotopic (exact) mass is 232 g/mol. The Bertz CT molecular complexity index is 533. The molecule has 90 valence electrons. The molecule has 1 heterocycles. The molecule has 5 heteroatoms. The number of benzene rings is 1. The summed E-state index contributed by atoms with van der Waals surface area (Å²) in [6.07, 6.45) is 1.73. The van der Waals surface area contributed by atoms with Crippen molar-refractivity contribution < 1.29 is 4.74 Å². The summed E-state index contributed by atoms with van der Waals surface area (Å²) in [5.41, 5.74) is 6.61. The zero-order valence-corrected chi connectivity index (χ0v) is 10.2. The first-order valence-electron chi connectivity index (χ1n) is 5.33. The van der Waals surface area contributed by atoms with Gasteiger partial charge >= 0.3 is 0 Å². The van der Waals surface area contributed by atoms with Crippen molar-refractivity contribution in [1.29, 1.82) is 0 Å². The number of methoxy groups -OCH3 is 1. The zero-order chi connectivity index (χ0) is 12.4. The minimum Gasteiger partial charge on any atom is -0.496 e. The van der Waals surface area contributed by atoms with Crippen molar-refractivity contribution in [3.8, 4) is 17.0 Å². The van der Waals surface area contributed by atoms with E-state index in [4.69, 9.17) is 10.6 Å². The number of nitrogens with two attached hydrogens (primary N) is 1. The fourth-order valence-corrected chi connectivity index (χ4v) is 1.96. The number of imidazole rings is 1. The van der Waals surface area contributed by atoms with E-state index in [9.17, 15) is 0 Å². The van der Waals surface area contributed by atoms with Gasteiger partial charge in [-0.15, -0.1) is 0 Å². The van der Waals surface area contributed by atoms with Crippen LogP contribution in [0.2, 0.25) is 0 Å². The van der Waals surface area contributed by atoms with E-state index in [0.717, 1.165) is 22.6 Å². The third kappa shape index (κ3) is 2.09. The fraction of sp³-hybridized carbons (Fsp3) is 0.250.